The Morgan fingerprint density at radius 3 is 2.65 bits per heavy atom. The SMILES string of the molecule is CCCc1ccnc(OCc2ccccc2)c1. The Balaban J connectivity index is 1.97. The van der Waals surface area contributed by atoms with Crippen molar-refractivity contribution in [2.45, 2.75) is 26.4 Å². The molecular formula is C15H17NO. The van der Waals surface area contributed by atoms with Crippen LogP contribution < -0.4 is 4.74 Å². The highest BCUT2D eigenvalue weighted by Gasteiger charge is 1.98. The van der Waals surface area contributed by atoms with Gasteiger partial charge in [0.1, 0.15) is 6.61 Å². The zero-order valence-electron chi connectivity index (χ0n) is 10.1. The maximum absolute atomic E-state index is 5.67. The molecule has 0 atom stereocenters. The van der Waals surface area contributed by atoms with Crippen LogP contribution in [0.15, 0.2) is 48.7 Å². The lowest BCUT2D eigenvalue weighted by atomic mass is 10.1. The van der Waals surface area contributed by atoms with Gasteiger partial charge in [-0.1, -0.05) is 43.7 Å². The van der Waals surface area contributed by atoms with Gasteiger partial charge in [-0.05, 0) is 23.6 Å². The predicted octanol–water partition coefficient (Wildman–Crippen LogP) is 3.61. The Hall–Kier alpha value is -1.83. The van der Waals surface area contributed by atoms with Gasteiger partial charge in [0, 0.05) is 12.3 Å². The van der Waals surface area contributed by atoms with Gasteiger partial charge in [-0.3, -0.25) is 0 Å². The molecule has 0 fully saturated rings. The summed E-state index contributed by atoms with van der Waals surface area (Å²) in [6.07, 6.45) is 4.03. The Kier molecular flexibility index (Phi) is 4.14. The Labute approximate surface area is 102 Å². The van der Waals surface area contributed by atoms with Crippen molar-refractivity contribution < 1.29 is 4.74 Å². The molecule has 0 radical (unpaired) electrons. The fraction of sp³-hybridized carbons (Fsp3) is 0.267. The fourth-order valence-electron chi connectivity index (χ4n) is 1.71. The van der Waals surface area contributed by atoms with Gasteiger partial charge in [-0.15, -0.1) is 0 Å². The van der Waals surface area contributed by atoms with E-state index in [0.717, 1.165) is 18.4 Å². The van der Waals surface area contributed by atoms with E-state index in [1.165, 1.54) is 5.56 Å². The Bertz CT molecular complexity index is 453. The van der Waals surface area contributed by atoms with Crippen molar-refractivity contribution in [3.8, 4) is 5.88 Å². The molecule has 2 heteroatoms. The van der Waals surface area contributed by atoms with Crippen LogP contribution in [-0.2, 0) is 13.0 Å². The lowest BCUT2D eigenvalue weighted by molar-refractivity contribution is 0.293. The molecule has 1 heterocycles. The minimum atomic E-state index is 0.573. The predicted molar refractivity (Wildman–Crippen MR) is 69.0 cm³/mol. The first kappa shape index (κ1) is 11.6. The third-order valence-corrected chi connectivity index (χ3v) is 2.57. The van der Waals surface area contributed by atoms with Crippen LogP contribution in [0.2, 0.25) is 0 Å². The van der Waals surface area contributed by atoms with E-state index >= 15 is 0 Å². The average Bonchev–Trinajstić information content (AvgIpc) is 2.39. The monoisotopic (exact) mass is 227 g/mol. The number of aromatic nitrogens is 1. The summed E-state index contributed by atoms with van der Waals surface area (Å²) < 4.78 is 5.67. The molecule has 0 unspecified atom stereocenters. The van der Waals surface area contributed by atoms with E-state index in [9.17, 15) is 0 Å². The molecule has 0 amide bonds. The summed E-state index contributed by atoms with van der Waals surface area (Å²) >= 11 is 0. The van der Waals surface area contributed by atoms with E-state index in [2.05, 4.69) is 24.0 Å². The van der Waals surface area contributed by atoms with Crippen molar-refractivity contribution in [3.63, 3.8) is 0 Å². The first-order valence-corrected chi connectivity index (χ1v) is 6.00. The second kappa shape index (κ2) is 6.04. The molecule has 0 saturated carbocycles. The summed E-state index contributed by atoms with van der Waals surface area (Å²) in [6.45, 7) is 2.74. The zero-order chi connectivity index (χ0) is 11.9. The summed E-state index contributed by atoms with van der Waals surface area (Å²) in [5, 5.41) is 0. The van der Waals surface area contributed by atoms with Crippen molar-refractivity contribution in [1.82, 2.24) is 4.98 Å². The van der Waals surface area contributed by atoms with E-state index in [1.807, 2.05) is 36.5 Å². The number of nitrogens with zero attached hydrogens (tertiary/aromatic N) is 1. The molecule has 1 aromatic carbocycles. The standard InChI is InChI=1S/C15H17NO/c1-2-6-13-9-10-16-15(11-13)17-12-14-7-4-3-5-8-14/h3-5,7-11H,2,6,12H2,1H3. The number of ether oxygens (including phenoxy) is 1. The van der Waals surface area contributed by atoms with E-state index in [1.54, 1.807) is 0 Å². The average molecular weight is 227 g/mol. The second-order valence-corrected chi connectivity index (χ2v) is 4.03. The molecule has 0 saturated heterocycles. The van der Waals surface area contributed by atoms with Crippen LogP contribution in [0.5, 0.6) is 5.88 Å². The summed E-state index contributed by atoms with van der Waals surface area (Å²) in [5.74, 6) is 0.708. The Morgan fingerprint density at radius 2 is 1.88 bits per heavy atom. The maximum atomic E-state index is 5.67. The Morgan fingerprint density at radius 1 is 1.06 bits per heavy atom. The summed E-state index contributed by atoms with van der Waals surface area (Å²) in [6, 6.07) is 14.2. The highest BCUT2D eigenvalue weighted by Crippen LogP contribution is 2.12. The minimum absolute atomic E-state index is 0.573. The second-order valence-electron chi connectivity index (χ2n) is 4.03. The minimum Gasteiger partial charge on any atom is -0.473 e. The number of rotatable bonds is 5. The third-order valence-electron chi connectivity index (χ3n) is 2.57. The largest absolute Gasteiger partial charge is 0.473 e. The highest BCUT2D eigenvalue weighted by atomic mass is 16.5. The van der Waals surface area contributed by atoms with Crippen LogP contribution in [0.3, 0.4) is 0 Å². The van der Waals surface area contributed by atoms with Crippen molar-refractivity contribution in [1.29, 1.82) is 0 Å². The van der Waals surface area contributed by atoms with Crippen molar-refractivity contribution in [3.05, 3.63) is 59.8 Å². The van der Waals surface area contributed by atoms with Crippen LogP contribution >= 0.6 is 0 Å². The topological polar surface area (TPSA) is 22.1 Å². The number of pyridine rings is 1. The van der Waals surface area contributed by atoms with Crippen LogP contribution in [-0.4, -0.2) is 4.98 Å². The zero-order valence-corrected chi connectivity index (χ0v) is 10.1. The molecule has 2 aromatic rings. The molecule has 2 nitrogen and oxygen atoms in total. The van der Waals surface area contributed by atoms with Gasteiger partial charge in [-0.25, -0.2) is 4.98 Å². The number of hydrogen-bond donors (Lipinski definition) is 0. The molecule has 0 aliphatic rings. The maximum Gasteiger partial charge on any atom is 0.213 e. The van der Waals surface area contributed by atoms with Crippen molar-refractivity contribution in [2.24, 2.45) is 0 Å². The highest BCUT2D eigenvalue weighted by molar-refractivity contribution is 5.21. The van der Waals surface area contributed by atoms with E-state index < -0.39 is 0 Å². The quantitative estimate of drug-likeness (QED) is 0.778. The van der Waals surface area contributed by atoms with Crippen molar-refractivity contribution >= 4 is 0 Å². The van der Waals surface area contributed by atoms with Crippen LogP contribution in [0, 0.1) is 0 Å². The molecule has 0 aliphatic heterocycles. The van der Waals surface area contributed by atoms with Crippen LogP contribution in [0.25, 0.3) is 0 Å². The molecule has 0 aliphatic carbocycles. The van der Waals surface area contributed by atoms with Gasteiger partial charge in [0.25, 0.3) is 0 Å². The van der Waals surface area contributed by atoms with E-state index in [0.29, 0.717) is 12.5 Å². The third kappa shape index (κ3) is 3.59. The summed E-state index contributed by atoms with van der Waals surface area (Å²) in [5.41, 5.74) is 2.45. The van der Waals surface area contributed by atoms with E-state index in [4.69, 9.17) is 4.74 Å². The molecule has 2 rings (SSSR count). The van der Waals surface area contributed by atoms with Gasteiger partial charge in [0.05, 0.1) is 0 Å². The van der Waals surface area contributed by atoms with Gasteiger partial charge < -0.3 is 4.74 Å². The first-order chi connectivity index (χ1) is 8.38. The van der Waals surface area contributed by atoms with Gasteiger partial charge in [-0.2, -0.15) is 0 Å². The van der Waals surface area contributed by atoms with Crippen LogP contribution in [0.1, 0.15) is 24.5 Å². The molecule has 0 N–H and O–H groups in total. The lowest BCUT2D eigenvalue weighted by Crippen LogP contribution is -1.97. The smallest absolute Gasteiger partial charge is 0.213 e. The number of aryl methyl sites for hydroxylation is 1. The molecule has 1 aromatic heterocycles. The molecule has 0 bridgehead atoms. The normalized spacial score (nSPS) is 10.2. The number of benzene rings is 1. The summed E-state index contributed by atoms with van der Waals surface area (Å²) in [4.78, 5) is 4.21. The fourth-order valence-corrected chi connectivity index (χ4v) is 1.71. The van der Waals surface area contributed by atoms with Crippen LogP contribution in [0.4, 0.5) is 0 Å². The molecular weight excluding hydrogens is 210 g/mol. The van der Waals surface area contributed by atoms with Gasteiger partial charge >= 0.3 is 0 Å². The number of hydrogen-bond acceptors (Lipinski definition) is 2. The molecule has 88 valence electrons. The van der Waals surface area contributed by atoms with Gasteiger partial charge in [0.2, 0.25) is 5.88 Å². The lowest BCUT2D eigenvalue weighted by Gasteiger charge is -2.06. The molecule has 0 spiro atoms. The first-order valence-electron chi connectivity index (χ1n) is 6.00. The molecule has 17 heavy (non-hydrogen) atoms. The van der Waals surface area contributed by atoms with Gasteiger partial charge in [0.15, 0.2) is 0 Å². The van der Waals surface area contributed by atoms with E-state index in [-0.39, 0.29) is 0 Å². The summed E-state index contributed by atoms with van der Waals surface area (Å²) in [7, 11) is 0. The van der Waals surface area contributed by atoms with Crippen molar-refractivity contribution in [2.75, 3.05) is 0 Å².